The van der Waals surface area contributed by atoms with E-state index in [4.69, 9.17) is 0 Å². The first kappa shape index (κ1) is 14.4. The average Bonchev–Trinajstić information content (AvgIpc) is 2.55. The smallest absolute Gasteiger partial charge is 0.239 e. The minimum Gasteiger partial charge on any atom is -0.368 e. The lowest BCUT2D eigenvalue weighted by molar-refractivity contribution is -0.134. The molecule has 0 saturated carbocycles. The van der Waals surface area contributed by atoms with E-state index in [1.165, 1.54) is 24.1 Å². The average molecular weight is 287 g/mol. The third-order valence-electron chi connectivity index (χ3n) is 4.57. The molecule has 21 heavy (non-hydrogen) atoms. The van der Waals surface area contributed by atoms with Crippen LogP contribution in [0.4, 0.5) is 5.69 Å². The van der Waals surface area contributed by atoms with Crippen molar-refractivity contribution in [2.75, 3.05) is 37.6 Å². The van der Waals surface area contributed by atoms with Crippen LogP contribution in [0.3, 0.4) is 0 Å². The number of benzene rings is 1. The SMILES string of the molecule is Cc1cccc(N2CCN(C(=O)C3CCCCN3)CC2)c1. The van der Waals surface area contributed by atoms with Crippen LogP contribution in [-0.4, -0.2) is 49.6 Å². The minimum atomic E-state index is 0.0595. The molecular formula is C17H25N3O. The fraction of sp³-hybridized carbons (Fsp3) is 0.588. The lowest BCUT2D eigenvalue weighted by atomic mass is 10.0. The number of amides is 1. The van der Waals surface area contributed by atoms with Gasteiger partial charge in [-0.25, -0.2) is 0 Å². The number of nitrogens with zero attached hydrogens (tertiary/aromatic N) is 2. The van der Waals surface area contributed by atoms with Gasteiger partial charge in [0, 0.05) is 31.9 Å². The van der Waals surface area contributed by atoms with E-state index in [1.54, 1.807) is 0 Å². The zero-order valence-corrected chi connectivity index (χ0v) is 12.8. The Morgan fingerprint density at radius 3 is 2.67 bits per heavy atom. The molecule has 4 nitrogen and oxygen atoms in total. The van der Waals surface area contributed by atoms with Crippen molar-refractivity contribution in [2.24, 2.45) is 0 Å². The van der Waals surface area contributed by atoms with Gasteiger partial charge in [-0.2, -0.15) is 0 Å². The Morgan fingerprint density at radius 2 is 2.00 bits per heavy atom. The number of carbonyl (C=O) groups is 1. The monoisotopic (exact) mass is 287 g/mol. The van der Waals surface area contributed by atoms with Crippen molar-refractivity contribution in [3.63, 3.8) is 0 Å². The zero-order valence-electron chi connectivity index (χ0n) is 12.8. The first-order valence-electron chi connectivity index (χ1n) is 8.08. The number of hydrogen-bond donors (Lipinski definition) is 1. The highest BCUT2D eigenvalue weighted by Crippen LogP contribution is 2.19. The van der Waals surface area contributed by atoms with E-state index in [0.29, 0.717) is 5.91 Å². The Kier molecular flexibility index (Phi) is 4.44. The standard InChI is InChI=1S/C17H25N3O/c1-14-5-4-6-15(13-14)19-9-11-20(12-10-19)17(21)16-7-2-3-8-18-16/h4-6,13,16,18H,2-3,7-12H2,1H3. The van der Waals surface area contributed by atoms with Gasteiger partial charge in [-0.3, -0.25) is 4.79 Å². The summed E-state index contributed by atoms with van der Waals surface area (Å²) in [6, 6.07) is 8.67. The second-order valence-corrected chi connectivity index (χ2v) is 6.15. The van der Waals surface area contributed by atoms with E-state index in [1.807, 2.05) is 4.90 Å². The van der Waals surface area contributed by atoms with E-state index >= 15 is 0 Å². The molecule has 1 aromatic rings. The van der Waals surface area contributed by atoms with Crippen LogP contribution in [0.25, 0.3) is 0 Å². The van der Waals surface area contributed by atoms with Gasteiger partial charge in [-0.1, -0.05) is 18.6 Å². The maximum Gasteiger partial charge on any atom is 0.239 e. The van der Waals surface area contributed by atoms with Gasteiger partial charge < -0.3 is 15.1 Å². The molecule has 0 bridgehead atoms. The Labute approximate surface area is 127 Å². The molecule has 1 unspecified atom stereocenters. The van der Waals surface area contributed by atoms with Gasteiger partial charge in [0.05, 0.1) is 6.04 Å². The van der Waals surface area contributed by atoms with Crippen molar-refractivity contribution in [1.82, 2.24) is 10.2 Å². The van der Waals surface area contributed by atoms with Crippen LogP contribution >= 0.6 is 0 Å². The molecule has 1 atom stereocenters. The molecule has 0 spiro atoms. The molecule has 2 aliphatic rings. The molecule has 1 aromatic carbocycles. The maximum atomic E-state index is 12.5. The van der Waals surface area contributed by atoms with E-state index < -0.39 is 0 Å². The highest BCUT2D eigenvalue weighted by molar-refractivity contribution is 5.82. The summed E-state index contributed by atoms with van der Waals surface area (Å²) >= 11 is 0. The molecule has 4 heteroatoms. The summed E-state index contributed by atoms with van der Waals surface area (Å²) in [4.78, 5) is 16.9. The van der Waals surface area contributed by atoms with Gasteiger partial charge >= 0.3 is 0 Å². The molecular weight excluding hydrogens is 262 g/mol. The number of carbonyl (C=O) groups excluding carboxylic acids is 1. The minimum absolute atomic E-state index is 0.0595. The molecule has 1 N–H and O–H groups in total. The Hall–Kier alpha value is -1.55. The quantitative estimate of drug-likeness (QED) is 0.901. The van der Waals surface area contributed by atoms with Crippen molar-refractivity contribution in [2.45, 2.75) is 32.2 Å². The Bertz CT molecular complexity index is 489. The zero-order chi connectivity index (χ0) is 14.7. The van der Waals surface area contributed by atoms with Gasteiger partial charge in [0.15, 0.2) is 0 Å². The van der Waals surface area contributed by atoms with Gasteiger partial charge in [-0.05, 0) is 44.0 Å². The number of rotatable bonds is 2. The molecule has 2 aliphatic heterocycles. The van der Waals surface area contributed by atoms with Gasteiger partial charge in [0.2, 0.25) is 5.91 Å². The Balaban J connectivity index is 1.56. The van der Waals surface area contributed by atoms with E-state index in [9.17, 15) is 4.79 Å². The maximum absolute atomic E-state index is 12.5. The third-order valence-corrected chi connectivity index (χ3v) is 4.57. The van der Waals surface area contributed by atoms with E-state index in [2.05, 4.69) is 41.4 Å². The second kappa shape index (κ2) is 6.48. The third kappa shape index (κ3) is 3.38. The molecule has 1 amide bonds. The normalized spacial score (nSPS) is 23.2. The number of aryl methyl sites for hydroxylation is 1. The molecule has 0 aliphatic carbocycles. The number of nitrogens with one attached hydrogen (secondary N) is 1. The molecule has 0 aromatic heterocycles. The van der Waals surface area contributed by atoms with Crippen molar-refractivity contribution < 1.29 is 4.79 Å². The molecule has 2 saturated heterocycles. The van der Waals surface area contributed by atoms with Crippen LogP contribution in [0.5, 0.6) is 0 Å². The summed E-state index contributed by atoms with van der Waals surface area (Å²) in [6.45, 7) is 6.65. The van der Waals surface area contributed by atoms with Crippen molar-refractivity contribution in [1.29, 1.82) is 0 Å². The lowest BCUT2D eigenvalue weighted by Gasteiger charge is -2.38. The highest BCUT2D eigenvalue weighted by atomic mass is 16.2. The summed E-state index contributed by atoms with van der Waals surface area (Å²) in [5.74, 6) is 0.304. The Morgan fingerprint density at radius 1 is 1.19 bits per heavy atom. The van der Waals surface area contributed by atoms with Gasteiger partial charge in [-0.15, -0.1) is 0 Å². The molecule has 2 heterocycles. The van der Waals surface area contributed by atoms with Crippen LogP contribution in [0.1, 0.15) is 24.8 Å². The summed E-state index contributed by atoms with van der Waals surface area (Å²) in [7, 11) is 0. The highest BCUT2D eigenvalue weighted by Gasteiger charge is 2.28. The second-order valence-electron chi connectivity index (χ2n) is 6.15. The molecule has 2 fully saturated rings. The number of anilines is 1. The van der Waals surface area contributed by atoms with Crippen molar-refractivity contribution in [3.8, 4) is 0 Å². The topological polar surface area (TPSA) is 35.6 Å². The fourth-order valence-electron chi connectivity index (χ4n) is 3.29. The van der Waals surface area contributed by atoms with Gasteiger partial charge in [0.1, 0.15) is 0 Å². The van der Waals surface area contributed by atoms with Crippen LogP contribution in [0.15, 0.2) is 24.3 Å². The molecule has 114 valence electrons. The number of piperazine rings is 1. The predicted octanol–water partition coefficient (Wildman–Crippen LogP) is 1.79. The van der Waals surface area contributed by atoms with Gasteiger partial charge in [0.25, 0.3) is 0 Å². The summed E-state index contributed by atoms with van der Waals surface area (Å²) in [6.07, 6.45) is 3.37. The first-order valence-corrected chi connectivity index (χ1v) is 8.08. The first-order chi connectivity index (χ1) is 10.2. The number of hydrogen-bond acceptors (Lipinski definition) is 3. The summed E-state index contributed by atoms with van der Waals surface area (Å²) in [5, 5.41) is 3.36. The van der Waals surface area contributed by atoms with Crippen LogP contribution in [0.2, 0.25) is 0 Å². The lowest BCUT2D eigenvalue weighted by Crippen LogP contribution is -2.55. The molecule has 3 rings (SSSR count). The predicted molar refractivity (Wildman–Crippen MR) is 85.6 cm³/mol. The van der Waals surface area contributed by atoms with E-state index in [0.717, 1.165) is 39.1 Å². The summed E-state index contributed by atoms with van der Waals surface area (Å²) < 4.78 is 0. The van der Waals surface area contributed by atoms with Crippen LogP contribution in [-0.2, 0) is 4.79 Å². The van der Waals surface area contributed by atoms with Crippen molar-refractivity contribution >= 4 is 11.6 Å². The fourth-order valence-corrected chi connectivity index (χ4v) is 3.29. The van der Waals surface area contributed by atoms with Crippen molar-refractivity contribution in [3.05, 3.63) is 29.8 Å². The van der Waals surface area contributed by atoms with Crippen LogP contribution < -0.4 is 10.2 Å². The van der Waals surface area contributed by atoms with Crippen LogP contribution in [0, 0.1) is 6.92 Å². The molecule has 0 radical (unpaired) electrons. The van der Waals surface area contributed by atoms with E-state index in [-0.39, 0.29) is 6.04 Å². The summed E-state index contributed by atoms with van der Waals surface area (Å²) in [5.41, 5.74) is 2.57. The number of piperidine rings is 1. The largest absolute Gasteiger partial charge is 0.368 e.